The summed E-state index contributed by atoms with van der Waals surface area (Å²) < 4.78 is 0. The van der Waals surface area contributed by atoms with Crippen LogP contribution in [0.1, 0.15) is 5.69 Å². The third-order valence-electron chi connectivity index (χ3n) is 2.09. The lowest BCUT2D eigenvalue weighted by molar-refractivity contribution is 1.26. The number of rotatable bonds is 2. The molecule has 5 heteroatoms. The lowest BCUT2D eigenvalue weighted by Crippen LogP contribution is -1.92. The predicted octanol–water partition coefficient (Wildman–Crippen LogP) is 4.00. The summed E-state index contributed by atoms with van der Waals surface area (Å²) in [5, 5.41) is 12.7. The van der Waals surface area contributed by atoms with Gasteiger partial charge < -0.3 is 5.32 Å². The fourth-order valence-electron chi connectivity index (χ4n) is 1.27. The molecule has 0 aliphatic carbocycles. The molecule has 0 radical (unpaired) electrons. The molecule has 0 spiro atoms. The van der Waals surface area contributed by atoms with Gasteiger partial charge in [0, 0.05) is 5.69 Å². The lowest BCUT2D eigenvalue weighted by atomic mass is 10.3. The van der Waals surface area contributed by atoms with E-state index in [1.165, 1.54) is 0 Å². The van der Waals surface area contributed by atoms with Crippen LogP contribution in [0.15, 0.2) is 36.5 Å². The fourth-order valence-corrected chi connectivity index (χ4v) is 1.57. The normalized spacial score (nSPS) is 9.71. The average molecular weight is 264 g/mol. The number of hydrogen-bond acceptors (Lipinski definition) is 3. The highest BCUT2D eigenvalue weighted by atomic mass is 35.5. The van der Waals surface area contributed by atoms with E-state index in [1.807, 2.05) is 12.1 Å². The monoisotopic (exact) mass is 263 g/mol. The molecule has 0 unspecified atom stereocenters. The van der Waals surface area contributed by atoms with Crippen molar-refractivity contribution < 1.29 is 0 Å². The highest BCUT2D eigenvalue weighted by Crippen LogP contribution is 2.26. The molecule has 0 aliphatic rings. The summed E-state index contributed by atoms with van der Waals surface area (Å²) in [4.78, 5) is 3.95. The molecule has 2 rings (SSSR count). The Morgan fingerprint density at radius 2 is 1.82 bits per heavy atom. The Morgan fingerprint density at radius 3 is 2.41 bits per heavy atom. The molecule has 0 fully saturated rings. The van der Waals surface area contributed by atoms with Crippen LogP contribution < -0.4 is 5.32 Å². The van der Waals surface area contributed by atoms with Gasteiger partial charge in [0.05, 0.1) is 21.9 Å². The molecular weight excluding hydrogens is 257 g/mol. The van der Waals surface area contributed by atoms with Crippen LogP contribution in [0.2, 0.25) is 10.0 Å². The molecule has 1 N–H and O–H groups in total. The number of anilines is 2. The first-order chi connectivity index (χ1) is 8.19. The number of nitrogens with zero attached hydrogens (tertiary/aromatic N) is 2. The minimum absolute atomic E-state index is 0.379. The van der Waals surface area contributed by atoms with Crippen LogP contribution >= 0.6 is 23.2 Å². The van der Waals surface area contributed by atoms with E-state index in [-0.39, 0.29) is 0 Å². The molecule has 0 bridgehead atoms. The quantitative estimate of drug-likeness (QED) is 0.891. The van der Waals surface area contributed by atoms with Crippen molar-refractivity contribution in [3.8, 4) is 6.07 Å². The van der Waals surface area contributed by atoms with Crippen molar-refractivity contribution in [3.05, 3.63) is 52.3 Å². The van der Waals surface area contributed by atoms with Crippen LogP contribution in [0.5, 0.6) is 0 Å². The van der Waals surface area contributed by atoms with Crippen molar-refractivity contribution in [2.24, 2.45) is 0 Å². The summed E-state index contributed by atoms with van der Waals surface area (Å²) in [7, 11) is 0. The van der Waals surface area contributed by atoms with Crippen molar-refractivity contribution in [2.75, 3.05) is 5.32 Å². The van der Waals surface area contributed by atoms with Gasteiger partial charge in [-0.3, -0.25) is 0 Å². The van der Waals surface area contributed by atoms with Gasteiger partial charge in [-0.2, -0.15) is 5.26 Å². The van der Waals surface area contributed by atoms with E-state index >= 15 is 0 Å². The summed E-state index contributed by atoms with van der Waals surface area (Å²) in [6, 6.07) is 10.6. The van der Waals surface area contributed by atoms with E-state index < -0.39 is 0 Å². The van der Waals surface area contributed by atoms with E-state index in [0.29, 0.717) is 15.7 Å². The predicted molar refractivity (Wildman–Crippen MR) is 68.7 cm³/mol. The standard InChI is InChI=1S/C12H7Cl2N3/c13-11-4-3-8(5-12(11)14)17-10-2-1-9(6-15)16-7-10/h1-5,7,17H. The van der Waals surface area contributed by atoms with Crippen molar-refractivity contribution in [1.29, 1.82) is 5.26 Å². The first kappa shape index (κ1) is 11.7. The molecule has 1 aromatic heterocycles. The number of benzene rings is 1. The maximum atomic E-state index is 8.62. The topological polar surface area (TPSA) is 48.7 Å². The summed E-state index contributed by atoms with van der Waals surface area (Å²) >= 11 is 11.7. The zero-order valence-electron chi connectivity index (χ0n) is 8.61. The summed E-state index contributed by atoms with van der Waals surface area (Å²) in [6.07, 6.45) is 1.58. The van der Waals surface area contributed by atoms with Gasteiger partial charge in [-0.05, 0) is 30.3 Å². The zero-order chi connectivity index (χ0) is 12.3. The first-order valence-corrected chi connectivity index (χ1v) is 5.53. The molecule has 1 aromatic carbocycles. The Hall–Kier alpha value is -1.76. The molecule has 84 valence electrons. The highest BCUT2D eigenvalue weighted by molar-refractivity contribution is 6.42. The Labute approximate surface area is 109 Å². The van der Waals surface area contributed by atoms with Crippen LogP contribution in [0, 0.1) is 11.3 Å². The second-order valence-electron chi connectivity index (χ2n) is 3.30. The molecule has 0 amide bonds. The Morgan fingerprint density at radius 1 is 1.06 bits per heavy atom. The molecule has 0 aliphatic heterocycles. The molecule has 17 heavy (non-hydrogen) atoms. The number of halogens is 2. The summed E-state index contributed by atoms with van der Waals surface area (Å²) in [5.74, 6) is 0. The van der Waals surface area contributed by atoms with Crippen LogP contribution in [-0.2, 0) is 0 Å². The fraction of sp³-hybridized carbons (Fsp3) is 0. The van der Waals surface area contributed by atoms with Crippen molar-refractivity contribution in [2.45, 2.75) is 0 Å². The minimum atomic E-state index is 0.379. The van der Waals surface area contributed by atoms with Gasteiger partial charge in [-0.15, -0.1) is 0 Å². The third kappa shape index (κ3) is 2.88. The highest BCUT2D eigenvalue weighted by Gasteiger charge is 2.00. The summed E-state index contributed by atoms with van der Waals surface area (Å²) in [6.45, 7) is 0. The van der Waals surface area contributed by atoms with Crippen LogP contribution in [0.25, 0.3) is 0 Å². The molecule has 3 nitrogen and oxygen atoms in total. The van der Waals surface area contributed by atoms with Gasteiger partial charge in [0.2, 0.25) is 0 Å². The van der Waals surface area contributed by atoms with Crippen molar-refractivity contribution >= 4 is 34.6 Å². The minimum Gasteiger partial charge on any atom is -0.354 e. The van der Waals surface area contributed by atoms with Crippen LogP contribution in [0.3, 0.4) is 0 Å². The average Bonchev–Trinajstić information content (AvgIpc) is 2.35. The molecule has 1 heterocycles. The molecule has 0 atom stereocenters. The maximum Gasteiger partial charge on any atom is 0.140 e. The molecule has 0 saturated heterocycles. The second kappa shape index (κ2) is 5.05. The van der Waals surface area contributed by atoms with Gasteiger partial charge in [-0.1, -0.05) is 23.2 Å². The Kier molecular flexibility index (Phi) is 3.48. The number of nitrogens with one attached hydrogen (secondary N) is 1. The van der Waals surface area contributed by atoms with Gasteiger partial charge in [0.1, 0.15) is 11.8 Å². The Bertz CT molecular complexity index is 573. The summed E-state index contributed by atoms with van der Waals surface area (Å²) in [5.41, 5.74) is 1.97. The van der Waals surface area contributed by atoms with Gasteiger partial charge >= 0.3 is 0 Å². The number of aromatic nitrogens is 1. The van der Waals surface area contributed by atoms with Gasteiger partial charge in [0.15, 0.2) is 0 Å². The number of pyridine rings is 1. The maximum absolute atomic E-state index is 8.62. The lowest BCUT2D eigenvalue weighted by Gasteiger charge is -2.06. The largest absolute Gasteiger partial charge is 0.354 e. The van der Waals surface area contributed by atoms with E-state index in [2.05, 4.69) is 10.3 Å². The first-order valence-electron chi connectivity index (χ1n) is 4.77. The number of hydrogen-bond donors (Lipinski definition) is 1. The van der Waals surface area contributed by atoms with Gasteiger partial charge in [0.25, 0.3) is 0 Å². The van der Waals surface area contributed by atoms with Crippen molar-refractivity contribution in [3.63, 3.8) is 0 Å². The molecular formula is C12H7Cl2N3. The molecule has 2 aromatic rings. The van der Waals surface area contributed by atoms with E-state index in [9.17, 15) is 0 Å². The zero-order valence-corrected chi connectivity index (χ0v) is 10.1. The third-order valence-corrected chi connectivity index (χ3v) is 2.83. The number of nitriles is 1. The van der Waals surface area contributed by atoms with Gasteiger partial charge in [-0.25, -0.2) is 4.98 Å². The van der Waals surface area contributed by atoms with E-state index in [0.717, 1.165) is 11.4 Å². The Balaban J connectivity index is 2.20. The van der Waals surface area contributed by atoms with Crippen LogP contribution in [-0.4, -0.2) is 4.98 Å². The second-order valence-corrected chi connectivity index (χ2v) is 4.11. The van der Waals surface area contributed by atoms with E-state index in [4.69, 9.17) is 28.5 Å². The SMILES string of the molecule is N#Cc1ccc(Nc2ccc(Cl)c(Cl)c2)cn1. The van der Waals surface area contributed by atoms with E-state index in [1.54, 1.807) is 30.5 Å². The van der Waals surface area contributed by atoms with Crippen LogP contribution in [0.4, 0.5) is 11.4 Å². The smallest absolute Gasteiger partial charge is 0.140 e. The molecule has 0 saturated carbocycles. The van der Waals surface area contributed by atoms with Crippen molar-refractivity contribution in [1.82, 2.24) is 4.98 Å².